The number of halogens is 1. The van der Waals surface area contributed by atoms with Crippen LogP contribution in [0.15, 0.2) is 40.4 Å². The minimum atomic E-state index is -0.549. The Morgan fingerprint density at radius 1 is 1.35 bits per heavy atom. The van der Waals surface area contributed by atoms with E-state index in [1.807, 2.05) is 0 Å². The van der Waals surface area contributed by atoms with Gasteiger partial charge >= 0.3 is 0 Å². The molecule has 5 nitrogen and oxygen atoms in total. The van der Waals surface area contributed by atoms with E-state index in [9.17, 15) is 14.5 Å². The molecule has 1 aromatic heterocycles. The maximum Gasteiger partial charge on any atom is 0.269 e. The van der Waals surface area contributed by atoms with Crippen molar-refractivity contribution in [3.63, 3.8) is 0 Å². The lowest BCUT2D eigenvalue weighted by Gasteiger charge is -2.00. The van der Waals surface area contributed by atoms with Crippen molar-refractivity contribution in [3.8, 4) is 0 Å². The first-order valence-corrected chi connectivity index (χ1v) is 5.29. The van der Waals surface area contributed by atoms with Gasteiger partial charge in [-0.3, -0.25) is 10.1 Å². The smallest absolute Gasteiger partial charge is 0.258 e. The SMILES string of the molecule is O=[N+]([O-])c1ccc(Sc2n[c]ncc2F)cc1. The van der Waals surface area contributed by atoms with E-state index in [0.29, 0.717) is 4.90 Å². The van der Waals surface area contributed by atoms with E-state index in [-0.39, 0.29) is 10.7 Å². The van der Waals surface area contributed by atoms with Crippen LogP contribution >= 0.6 is 11.8 Å². The summed E-state index contributed by atoms with van der Waals surface area (Å²) in [5.41, 5.74) is -0.0101. The van der Waals surface area contributed by atoms with Crippen LogP contribution in [0.25, 0.3) is 0 Å². The third-order valence-electron chi connectivity index (χ3n) is 1.85. The summed E-state index contributed by atoms with van der Waals surface area (Å²) in [6, 6.07) is 5.77. The van der Waals surface area contributed by atoms with E-state index < -0.39 is 10.7 Å². The van der Waals surface area contributed by atoms with Crippen molar-refractivity contribution in [3.05, 3.63) is 52.7 Å². The van der Waals surface area contributed by atoms with Gasteiger partial charge < -0.3 is 0 Å². The molecule has 0 saturated heterocycles. The topological polar surface area (TPSA) is 68.9 Å². The molecule has 0 unspecified atom stereocenters. The molecule has 0 N–H and O–H groups in total. The second kappa shape index (κ2) is 4.88. The van der Waals surface area contributed by atoms with Crippen molar-refractivity contribution in [1.82, 2.24) is 9.97 Å². The van der Waals surface area contributed by atoms with Gasteiger partial charge in [-0.25, -0.2) is 14.4 Å². The van der Waals surface area contributed by atoms with Gasteiger partial charge in [0.15, 0.2) is 12.1 Å². The van der Waals surface area contributed by atoms with Crippen LogP contribution in [-0.2, 0) is 0 Å². The third kappa shape index (κ3) is 2.76. The molecule has 1 heterocycles. The fourth-order valence-corrected chi connectivity index (χ4v) is 1.82. The predicted molar refractivity (Wildman–Crippen MR) is 58.0 cm³/mol. The molecule has 2 aromatic rings. The molecular weight excluding hydrogens is 245 g/mol. The summed E-state index contributed by atoms with van der Waals surface area (Å²) in [6.07, 6.45) is 3.30. The first kappa shape index (κ1) is 11.5. The Labute approximate surface area is 99.9 Å². The van der Waals surface area contributed by atoms with Gasteiger partial charge in [0.05, 0.1) is 11.1 Å². The second-order valence-corrected chi connectivity index (χ2v) is 4.04. The minimum Gasteiger partial charge on any atom is -0.258 e. The Balaban J connectivity index is 2.20. The predicted octanol–water partition coefficient (Wildman–Crippen LogP) is 2.48. The molecule has 1 aromatic carbocycles. The highest BCUT2D eigenvalue weighted by Gasteiger charge is 2.08. The van der Waals surface area contributed by atoms with E-state index in [2.05, 4.69) is 16.3 Å². The van der Waals surface area contributed by atoms with E-state index in [0.717, 1.165) is 18.0 Å². The molecule has 0 bridgehead atoms. The first-order valence-electron chi connectivity index (χ1n) is 4.48. The summed E-state index contributed by atoms with van der Waals surface area (Å²) >= 11 is 1.05. The number of nitrogens with zero attached hydrogens (tertiary/aromatic N) is 3. The Kier molecular flexibility index (Phi) is 3.29. The second-order valence-electron chi connectivity index (χ2n) is 2.98. The van der Waals surface area contributed by atoms with Crippen molar-refractivity contribution >= 4 is 17.4 Å². The van der Waals surface area contributed by atoms with Gasteiger partial charge in [-0.05, 0) is 12.1 Å². The minimum absolute atomic E-state index is 0.0101. The highest BCUT2D eigenvalue weighted by Crippen LogP contribution is 2.28. The molecule has 2 rings (SSSR count). The molecule has 0 spiro atoms. The highest BCUT2D eigenvalue weighted by atomic mass is 32.2. The number of aromatic nitrogens is 2. The number of rotatable bonds is 3. The molecule has 0 fully saturated rings. The maximum absolute atomic E-state index is 13.2. The van der Waals surface area contributed by atoms with Crippen LogP contribution in [-0.4, -0.2) is 14.9 Å². The van der Waals surface area contributed by atoms with Crippen molar-refractivity contribution in [2.75, 3.05) is 0 Å². The van der Waals surface area contributed by atoms with Crippen molar-refractivity contribution in [2.45, 2.75) is 9.92 Å². The quantitative estimate of drug-likeness (QED) is 0.475. The molecule has 0 aliphatic rings. The summed E-state index contributed by atoms with van der Waals surface area (Å²) < 4.78 is 13.2. The molecule has 1 radical (unpaired) electrons. The Morgan fingerprint density at radius 2 is 2.06 bits per heavy atom. The summed E-state index contributed by atoms with van der Waals surface area (Å²) in [5.74, 6) is -0.549. The van der Waals surface area contributed by atoms with Gasteiger partial charge in [-0.15, -0.1) is 0 Å². The average molecular weight is 250 g/mol. The number of hydrogen-bond acceptors (Lipinski definition) is 5. The number of non-ortho nitro benzene ring substituents is 1. The third-order valence-corrected chi connectivity index (χ3v) is 2.84. The zero-order valence-electron chi connectivity index (χ0n) is 8.33. The van der Waals surface area contributed by atoms with E-state index >= 15 is 0 Å². The van der Waals surface area contributed by atoms with Crippen LogP contribution < -0.4 is 0 Å². The van der Waals surface area contributed by atoms with E-state index in [1.54, 1.807) is 0 Å². The number of hydrogen-bond donors (Lipinski definition) is 0. The first-order chi connectivity index (χ1) is 8.16. The maximum atomic E-state index is 13.2. The number of nitro groups is 1. The van der Waals surface area contributed by atoms with Crippen LogP contribution in [0.3, 0.4) is 0 Å². The lowest BCUT2D eigenvalue weighted by atomic mass is 10.3. The molecule has 0 amide bonds. The fourth-order valence-electron chi connectivity index (χ4n) is 1.09. The van der Waals surface area contributed by atoms with Crippen LogP contribution in [0.1, 0.15) is 0 Å². The van der Waals surface area contributed by atoms with Gasteiger partial charge in [-0.1, -0.05) is 11.8 Å². The monoisotopic (exact) mass is 250 g/mol. The average Bonchev–Trinajstić information content (AvgIpc) is 2.33. The lowest BCUT2D eigenvalue weighted by molar-refractivity contribution is -0.384. The number of benzene rings is 1. The summed E-state index contributed by atoms with van der Waals surface area (Å²) in [5, 5.41) is 10.6. The Bertz CT molecular complexity index is 548. The van der Waals surface area contributed by atoms with E-state index in [1.165, 1.54) is 24.3 Å². The summed E-state index contributed by atoms with van der Waals surface area (Å²) in [7, 11) is 0. The van der Waals surface area contributed by atoms with Gasteiger partial charge in [0.1, 0.15) is 5.03 Å². The lowest BCUT2D eigenvalue weighted by Crippen LogP contribution is -1.89. The Hall–Kier alpha value is -2.02. The van der Waals surface area contributed by atoms with E-state index in [4.69, 9.17) is 0 Å². The number of nitro benzene ring substituents is 1. The van der Waals surface area contributed by atoms with Crippen molar-refractivity contribution in [2.24, 2.45) is 0 Å². The van der Waals surface area contributed by atoms with Crippen molar-refractivity contribution < 1.29 is 9.31 Å². The molecular formula is C10H5FN3O2S. The summed E-state index contributed by atoms with van der Waals surface area (Å²) in [4.78, 5) is 17.7. The summed E-state index contributed by atoms with van der Waals surface area (Å²) in [6.45, 7) is 0. The molecule has 7 heteroatoms. The van der Waals surface area contributed by atoms with Gasteiger partial charge in [0.25, 0.3) is 5.69 Å². The zero-order chi connectivity index (χ0) is 12.3. The molecule has 0 aliphatic carbocycles. The zero-order valence-corrected chi connectivity index (χ0v) is 9.15. The normalized spacial score (nSPS) is 10.2. The molecule has 0 saturated carbocycles. The standard InChI is InChI=1S/C10H5FN3O2S/c11-9-5-12-6-13-10(9)17-8-3-1-7(2-4-8)14(15)16/h1-5H. The highest BCUT2D eigenvalue weighted by molar-refractivity contribution is 7.99. The molecule has 85 valence electrons. The van der Waals surface area contributed by atoms with Gasteiger partial charge in [-0.2, -0.15) is 0 Å². The van der Waals surface area contributed by atoms with Gasteiger partial charge in [0.2, 0.25) is 0 Å². The fraction of sp³-hybridized carbons (Fsp3) is 0. The molecule has 0 atom stereocenters. The molecule has 0 aliphatic heterocycles. The Morgan fingerprint density at radius 3 is 2.65 bits per heavy atom. The van der Waals surface area contributed by atoms with Gasteiger partial charge in [0, 0.05) is 17.0 Å². The van der Waals surface area contributed by atoms with Crippen LogP contribution in [0.5, 0.6) is 0 Å². The van der Waals surface area contributed by atoms with Crippen LogP contribution in [0.4, 0.5) is 10.1 Å². The van der Waals surface area contributed by atoms with Crippen LogP contribution in [0.2, 0.25) is 0 Å². The largest absolute Gasteiger partial charge is 0.269 e. The molecule has 17 heavy (non-hydrogen) atoms. The van der Waals surface area contributed by atoms with Crippen molar-refractivity contribution in [1.29, 1.82) is 0 Å². The van der Waals surface area contributed by atoms with Crippen LogP contribution in [0, 0.1) is 22.3 Å².